The van der Waals surface area contributed by atoms with Gasteiger partial charge in [-0.3, -0.25) is 0 Å². The van der Waals surface area contributed by atoms with Gasteiger partial charge in [0.2, 0.25) is 0 Å². The average molecular weight is 707 g/mol. The Bertz CT molecular complexity index is 935. The van der Waals surface area contributed by atoms with Crippen LogP contribution in [0.3, 0.4) is 0 Å². The number of halogens is 18. The third kappa shape index (κ3) is 6.49. The van der Waals surface area contributed by atoms with E-state index in [0.717, 1.165) is 0 Å². The van der Waals surface area contributed by atoms with Crippen molar-refractivity contribution in [3.8, 4) is 0 Å². The SMILES string of the molecule is CCC[N+](C)(C)CCCNS(=O)(=O)C(F)(F)C(F)(F)C(F)(F)C(F)(F)C(F)(F)C(F)(F)C(F)(F)C(F)(F)F.[Br-]. The highest BCUT2D eigenvalue weighted by Gasteiger charge is 2.96. The van der Waals surface area contributed by atoms with Crippen molar-refractivity contribution in [1.29, 1.82) is 0 Å². The molecule has 1 N–H and O–H groups in total. The molecule has 0 heterocycles. The molecule has 0 fully saturated rings. The smallest absolute Gasteiger partial charge is 0.460 e. The van der Waals surface area contributed by atoms with Crippen LogP contribution in [0.5, 0.6) is 0 Å². The molecule has 0 unspecified atom stereocenters. The molecule has 0 aromatic carbocycles. The lowest BCUT2D eigenvalue weighted by Gasteiger charge is -2.42. The zero-order valence-electron chi connectivity index (χ0n) is 19.5. The number of quaternary nitrogens is 1. The number of nitrogens with one attached hydrogen (secondary N) is 1. The summed E-state index contributed by atoms with van der Waals surface area (Å²) in [5.74, 6) is -51.5. The molecule has 0 radical (unpaired) electrons. The lowest BCUT2D eigenvalue weighted by atomic mass is 9.91. The Kier molecular flexibility index (Phi) is 11.8. The van der Waals surface area contributed by atoms with E-state index in [9.17, 15) is 83.1 Å². The minimum absolute atomic E-state index is 0. The fourth-order valence-electron chi connectivity index (χ4n) is 2.84. The molecular weight excluding hydrogens is 687 g/mol. The maximum absolute atomic E-state index is 13.9. The molecule has 0 aliphatic heterocycles. The van der Waals surface area contributed by atoms with Crippen LogP contribution in [0.25, 0.3) is 0 Å². The van der Waals surface area contributed by atoms with Gasteiger partial charge in [0.05, 0.1) is 27.2 Å². The van der Waals surface area contributed by atoms with Crippen molar-refractivity contribution in [3.05, 3.63) is 0 Å². The molecule has 238 valence electrons. The van der Waals surface area contributed by atoms with E-state index in [1.165, 1.54) is 14.1 Å². The molecule has 0 bridgehead atoms. The molecule has 0 saturated heterocycles. The molecule has 0 amide bonds. The predicted molar refractivity (Wildman–Crippen MR) is 94.4 cm³/mol. The maximum Gasteiger partial charge on any atom is 0.460 e. The molecule has 0 saturated carbocycles. The lowest BCUT2D eigenvalue weighted by Crippen LogP contribution is -3.00. The van der Waals surface area contributed by atoms with Crippen molar-refractivity contribution >= 4 is 10.0 Å². The van der Waals surface area contributed by atoms with Gasteiger partial charge in [-0.1, -0.05) is 6.92 Å². The second-order valence-electron chi connectivity index (χ2n) is 8.60. The molecule has 0 aromatic heterocycles. The van der Waals surface area contributed by atoms with E-state index in [2.05, 4.69) is 0 Å². The molecule has 0 aliphatic rings. The molecule has 39 heavy (non-hydrogen) atoms. The van der Waals surface area contributed by atoms with Crippen molar-refractivity contribution in [2.45, 2.75) is 66.7 Å². The minimum atomic E-state index is -8.83. The van der Waals surface area contributed by atoms with Gasteiger partial charge in [-0.05, 0) is 6.42 Å². The summed E-state index contributed by atoms with van der Waals surface area (Å²) in [6.07, 6.45) is -7.82. The highest BCUT2D eigenvalue weighted by Crippen LogP contribution is 2.64. The molecule has 4 nitrogen and oxygen atoms in total. The van der Waals surface area contributed by atoms with Gasteiger partial charge >= 0.3 is 47.0 Å². The topological polar surface area (TPSA) is 46.2 Å². The van der Waals surface area contributed by atoms with Gasteiger partial charge in [-0.2, -0.15) is 74.6 Å². The molecule has 0 atom stereocenters. The highest BCUT2D eigenvalue weighted by molar-refractivity contribution is 7.90. The maximum atomic E-state index is 13.9. The number of nitrogens with zero attached hydrogens (tertiary/aromatic N) is 1. The number of sulfonamides is 1. The second-order valence-corrected chi connectivity index (χ2v) is 10.4. The highest BCUT2D eigenvalue weighted by atomic mass is 79.9. The number of hydrogen-bond acceptors (Lipinski definition) is 2. The standard InChI is InChI=1S/C16H20F17N2O2S.BrH/c1-4-7-35(2,3)8-5-6-34-38(36,37)16(32,33)14(27,28)12(23,24)10(19,20)9(17,18)11(21,22)13(25,26)15(29,30)31;/h34H,4-8H2,1-3H3;1H/q+1;/p-1. The Morgan fingerprint density at radius 1 is 0.590 bits per heavy atom. The zero-order valence-corrected chi connectivity index (χ0v) is 21.9. The third-order valence-electron chi connectivity index (χ3n) is 5.09. The lowest BCUT2D eigenvalue weighted by molar-refractivity contribution is -0.890. The predicted octanol–water partition coefficient (Wildman–Crippen LogP) is 2.75. The number of hydrogen-bond donors (Lipinski definition) is 1. The van der Waals surface area contributed by atoms with Crippen molar-refractivity contribution in [2.24, 2.45) is 0 Å². The summed E-state index contributed by atoms with van der Waals surface area (Å²) in [6.45, 7) is 0.744. The van der Waals surface area contributed by atoms with Crippen LogP contribution in [0.15, 0.2) is 0 Å². The fraction of sp³-hybridized carbons (Fsp3) is 1.00. The molecule has 0 aliphatic carbocycles. The van der Waals surface area contributed by atoms with Gasteiger partial charge in [-0.15, -0.1) is 0 Å². The Balaban J connectivity index is 0. The average Bonchev–Trinajstić information content (AvgIpc) is 2.69. The van der Waals surface area contributed by atoms with E-state index >= 15 is 0 Å². The van der Waals surface area contributed by atoms with Crippen molar-refractivity contribution in [3.63, 3.8) is 0 Å². The van der Waals surface area contributed by atoms with Crippen LogP contribution in [0.1, 0.15) is 19.8 Å². The van der Waals surface area contributed by atoms with Crippen molar-refractivity contribution in [2.75, 3.05) is 33.7 Å². The monoisotopic (exact) mass is 706 g/mol. The molecule has 0 spiro atoms. The van der Waals surface area contributed by atoms with Crippen molar-refractivity contribution in [1.82, 2.24) is 4.72 Å². The van der Waals surface area contributed by atoms with Gasteiger partial charge in [0.1, 0.15) is 0 Å². The Hall–Kier alpha value is -0.840. The molecular formula is C16H20BrF17N2O2S. The van der Waals surface area contributed by atoms with Crippen LogP contribution >= 0.6 is 0 Å². The number of alkyl halides is 17. The van der Waals surface area contributed by atoms with Crippen LogP contribution in [0.2, 0.25) is 0 Å². The minimum Gasteiger partial charge on any atom is -1.00 e. The van der Waals surface area contributed by atoms with Crippen LogP contribution in [0, 0.1) is 0 Å². The van der Waals surface area contributed by atoms with Gasteiger partial charge in [-0.25, -0.2) is 13.1 Å². The number of rotatable bonds is 14. The van der Waals surface area contributed by atoms with E-state index in [4.69, 9.17) is 0 Å². The van der Waals surface area contributed by atoms with Gasteiger partial charge in [0.25, 0.3) is 10.0 Å². The summed E-state index contributed by atoms with van der Waals surface area (Å²) in [4.78, 5) is 0. The quantitative estimate of drug-likeness (QED) is 0.172. The summed E-state index contributed by atoms with van der Waals surface area (Å²) in [5.41, 5.74) is 0. The zero-order chi connectivity index (χ0) is 31.2. The summed E-state index contributed by atoms with van der Waals surface area (Å²) < 4.78 is 249. The second kappa shape index (κ2) is 11.4. The van der Waals surface area contributed by atoms with E-state index in [1.54, 1.807) is 6.92 Å². The van der Waals surface area contributed by atoms with Gasteiger partial charge in [0.15, 0.2) is 0 Å². The van der Waals surface area contributed by atoms with Gasteiger partial charge in [0, 0.05) is 13.0 Å². The Morgan fingerprint density at radius 2 is 0.923 bits per heavy atom. The van der Waals surface area contributed by atoms with E-state index in [0.29, 0.717) is 17.7 Å². The first kappa shape index (κ1) is 40.3. The van der Waals surface area contributed by atoms with Crippen LogP contribution in [0.4, 0.5) is 74.6 Å². The first-order chi connectivity index (χ1) is 16.3. The van der Waals surface area contributed by atoms with E-state index in [-0.39, 0.29) is 28.0 Å². The summed E-state index contributed by atoms with van der Waals surface area (Å²) in [7, 11) is -4.21. The van der Waals surface area contributed by atoms with Crippen LogP contribution in [-0.4, -0.2) is 93.6 Å². The molecule has 23 heteroatoms. The summed E-state index contributed by atoms with van der Waals surface area (Å²) >= 11 is 0. The first-order valence-electron chi connectivity index (χ1n) is 9.79. The summed E-state index contributed by atoms with van der Waals surface area (Å²) in [6, 6.07) is 0. The van der Waals surface area contributed by atoms with E-state index < -0.39 is 70.0 Å². The van der Waals surface area contributed by atoms with Crippen LogP contribution in [-0.2, 0) is 10.0 Å². The van der Waals surface area contributed by atoms with Crippen LogP contribution < -0.4 is 21.7 Å². The Morgan fingerprint density at radius 3 is 1.26 bits per heavy atom. The third-order valence-corrected chi connectivity index (χ3v) is 6.61. The molecule has 0 rings (SSSR count). The largest absolute Gasteiger partial charge is 1.00 e. The normalized spacial score (nSPS) is 15.8. The van der Waals surface area contributed by atoms with Gasteiger partial charge < -0.3 is 21.5 Å². The Labute approximate surface area is 220 Å². The van der Waals surface area contributed by atoms with Crippen molar-refractivity contribution < 1.29 is 105 Å². The van der Waals surface area contributed by atoms with E-state index in [1.807, 2.05) is 0 Å². The fourth-order valence-corrected chi connectivity index (χ4v) is 3.90. The summed E-state index contributed by atoms with van der Waals surface area (Å²) in [5, 5.41) is -7.53. The molecule has 0 aromatic rings. The first-order valence-corrected chi connectivity index (χ1v) is 11.3.